The summed E-state index contributed by atoms with van der Waals surface area (Å²) in [6, 6.07) is 4.54. The third-order valence-electron chi connectivity index (χ3n) is 2.99. The highest BCUT2D eigenvalue weighted by molar-refractivity contribution is 6.33. The Morgan fingerprint density at radius 1 is 1.44 bits per heavy atom. The summed E-state index contributed by atoms with van der Waals surface area (Å²) in [5.41, 5.74) is 0.163. The van der Waals surface area contributed by atoms with Crippen molar-refractivity contribution < 1.29 is 8.91 Å². The number of hydrogen-bond donors (Lipinski definition) is 1. The van der Waals surface area contributed by atoms with E-state index in [4.69, 9.17) is 16.1 Å². The number of nitrogens with zero attached hydrogens (tertiary/aromatic N) is 2. The van der Waals surface area contributed by atoms with Gasteiger partial charge >= 0.3 is 0 Å². The topological polar surface area (TPSA) is 51.0 Å². The maximum atomic E-state index is 13.7. The average molecular weight is 268 g/mol. The Hall–Kier alpha value is -1.46. The lowest BCUT2D eigenvalue weighted by Crippen LogP contribution is -2.14. The zero-order valence-corrected chi connectivity index (χ0v) is 10.2. The molecule has 94 valence electrons. The minimum Gasteiger partial charge on any atom is -0.334 e. The molecule has 1 aliphatic rings. The number of benzene rings is 1. The molecule has 0 radical (unpaired) electrons. The van der Waals surface area contributed by atoms with Crippen LogP contribution in [0.4, 0.5) is 4.39 Å². The molecule has 1 aromatic heterocycles. The SMILES string of the molecule is Fc1cccc(Cl)c1-c1nc(C2CCCN2)no1. The van der Waals surface area contributed by atoms with Crippen molar-refractivity contribution >= 4 is 11.6 Å². The molecule has 3 rings (SSSR count). The molecule has 0 bridgehead atoms. The highest BCUT2D eigenvalue weighted by Gasteiger charge is 2.23. The lowest BCUT2D eigenvalue weighted by atomic mass is 10.2. The van der Waals surface area contributed by atoms with Gasteiger partial charge in [0.2, 0.25) is 0 Å². The lowest BCUT2D eigenvalue weighted by molar-refractivity contribution is 0.410. The van der Waals surface area contributed by atoms with Crippen LogP contribution < -0.4 is 5.32 Å². The predicted octanol–water partition coefficient (Wildman–Crippen LogP) is 2.95. The van der Waals surface area contributed by atoms with Gasteiger partial charge in [0.05, 0.1) is 16.6 Å². The fourth-order valence-electron chi connectivity index (χ4n) is 2.09. The van der Waals surface area contributed by atoms with Crippen molar-refractivity contribution in [3.05, 3.63) is 34.9 Å². The van der Waals surface area contributed by atoms with Crippen molar-refractivity contribution in [2.75, 3.05) is 6.54 Å². The van der Waals surface area contributed by atoms with Crippen LogP contribution in [0.1, 0.15) is 24.7 Å². The van der Waals surface area contributed by atoms with Crippen LogP contribution in [0.5, 0.6) is 0 Å². The van der Waals surface area contributed by atoms with Gasteiger partial charge in [0.15, 0.2) is 5.82 Å². The Labute approximate surface area is 108 Å². The first-order valence-electron chi connectivity index (χ1n) is 5.77. The van der Waals surface area contributed by atoms with E-state index in [9.17, 15) is 4.39 Å². The molecule has 1 unspecified atom stereocenters. The summed E-state index contributed by atoms with van der Waals surface area (Å²) in [5, 5.41) is 7.41. The maximum Gasteiger partial charge on any atom is 0.262 e. The molecule has 0 aliphatic carbocycles. The van der Waals surface area contributed by atoms with E-state index in [1.807, 2.05) is 0 Å². The van der Waals surface area contributed by atoms with Crippen LogP contribution in [0.3, 0.4) is 0 Å². The normalized spacial score (nSPS) is 19.3. The van der Waals surface area contributed by atoms with Gasteiger partial charge in [-0.3, -0.25) is 0 Å². The Kier molecular flexibility index (Phi) is 3.01. The van der Waals surface area contributed by atoms with Crippen LogP contribution in [0.25, 0.3) is 11.5 Å². The summed E-state index contributed by atoms with van der Waals surface area (Å²) in [7, 11) is 0. The first kappa shape index (κ1) is 11.6. The molecular weight excluding hydrogens is 257 g/mol. The van der Waals surface area contributed by atoms with Gasteiger partial charge in [0.1, 0.15) is 5.82 Å². The van der Waals surface area contributed by atoms with E-state index in [0.717, 1.165) is 19.4 Å². The molecule has 1 fully saturated rings. The third kappa shape index (κ3) is 2.00. The van der Waals surface area contributed by atoms with Crippen molar-refractivity contribution in [1.82, 2.24) is 15.5 Å². The molecule has 0 amide bonds. The van der Waals surface area contributed by atoms with Crippen LogP contribution in [0, 0.1) is 5.82 Å². The smallest absolute Gasteiger partial charge is 0.262 e. The van der Waals surface area contributed by atoms with Crippen molar-refractivity contribution in [1.29, 1.82) is 0 Å². The summed E-state index contributed by atoms with van der Waals surface area (Å²) in [4.78, 5) is 4.22. The molecule has 1 atom stereocenters. The lowest BCUT2D eigenvalue weighted by Gasteiger charge is -2.02. The first-order valence-corrected chi connectivity index (χ1v) is 6.15. The average Bonchev–Trinajstić information content (AvgIpc) is 2.99. The van der Waals surface area contributed by atoms with Gasteiger partial charge in [0.25, 0.3) is 5.89 Å². The monoisotopic (exact) mass is 267 g/mol. The van der Waals surface area contributed by atoms with Gasteiger partial charge in [-0.15, -0.1) is 0 Å². The first-order chi connectivity index (χ1) is 8.75. The molecule has 1 saturated heterocycles. The minimum atomic E-state index is -0.461. The molecule has 2 heterocycles. The van der Waals surface area contributed by atoms with E-state index in [2.05, 4.69) is 15.5 Å². The molecule has 2 aromatic rings. The van der Waals surface area contributed by atoms with Gasteiger partial charge in [-0.2, -0.15) is 4.98 Å². The second-order valence-electron chi connectivity index (χ2n) is 4.20. The molecule has 1 N–H and O–H groups in total. The minimum absolute atomic E-state index is 0.0908. The van der Waals surface area contributed by atoms with Crippen molar-refractivity contribution in [2.24, 2.45) is 0 Å². The molecule has 1 aliphatic heterocycles. The highest BCUT2D eigenvalue weighted by Crippen LogP contribution is 2.30. The zero-order chi connectivity index (χ0) is 12.5. The summed E-state index contributed by atoms with van der Waals surface area (Å²) in [6.07, 6.45) is 2.04. The van der Waals surface area contributed by atoms with E-state index in [0.29, 0.717) is 5.82 Å². The molecule has 0 saturated carbocycles. The largest absolute Gasteiger partial charge is 0.334 e. The molecule has 18 heavy (non-hydrogen) atoms. The number of aromatic nitrogens is 2. The van der Waals surface area contributed by atoms with Gasteiger partial charge in [0, 0.05) is 0 Å². The summed E-state index contributed by atoms with van der Waals surface area (Å²) in [5.74, 6) is 0.223. The highest BCUT2D eigenvalue weighted by atomic mass is 35.5. The fraction of sp³-hybridized carbons (Fsp3) is 0.333. The molecule has 1 aromatic carbocycles. The summed E-state index contributed by atoms with van der Waals surface area (Å²) in [6.45, 7) is 0.939. The maximum absolute atomic E-state index is 13.7. The Bertz CT molecular complexity index is 546. The number of hydrogen-bond acceptors (Lipinski definition) is 4. The quantitative estimate of drug-likeness (QED) is 0.909. The standard InChI is InChI=1S/C12H11ClFN3O/c13-7-3-1-4-8(14)10(7)12-16-11(17-18-12)9-5-2-6-15-9/h1,3-4,9,15H,2,5-6H2. The number of nitrogens with one attached hydrogen (secondary N) is 1. The molecular formula is C12H11ClFN3O. The van der Waals surface area contributed by atoms with Gasteiger partial charge in [-0.25, -0.2) is 4.39 Å². The van der Waals surface area contributed by atoms with Gasteiger partial charge < -0.3 is 9.84 Å². The Morgan fingerprint density at radius 3 is 3.06 bits per heavy atom. The summed E-state index contributed by atoms with van der Waals surface area (Å²) < 4.78 is 18.8. The van der Waals surface area contributed by atoms with Crippen LogP contribution in [0.15, 0.2) is 22.7 Å². The number of rotatable bonds is 2. The van der Waals surface area contributed by atoms with Crippen molar-refractivity contribution in [2.45, 2.75) is 18.9 Å². The third-order valence-corrected chi connectivity index (χ3v) is 3.31. The van der Waals surface area contributed by atoms with E-state index >= 15 is 0 Å². The van der Waals surface area contributed by atoms with E-state index in [1.54, 1.807) is 6.07 Å². The predicted molar refractivity (Wildman–Crippen MR) is 64.7 cm³/mol. The van der Waals surface area contributed by atoms with E-state index in [1.165, 1.54) is 12.1 Å². The molecule has 4 nitrogen and oxygen atoms in total. The fourth-order valence-corrected chi connectivity index (χ4v) is 2.33. The van der Waals surface area contributed by atoms with Gasteiger partial charge in [-0.05, 0) is 31.5 Å². The second kappa shape index (κ2) is 4.66. The van der Waals surface area contributed by atoms with Crippen LogP contribution in [-0.4, -0.2) is 16.7 Å². The van der Waals surface area contributed by atoms with Crippen molar-refractivity contribution in [3.8, 4) is 11.5 Å². The molecule has 6 heteroatoms. The van der Waals surface area contributed by atoms with E-state index in [-0.39, 0.29) is 22.5 Å². The Balaban J connectivity index is 1.97. The van der Waals surface area contributed by atoms with Crippen LogP contribution >= 0.6 is 11.6 Å². The second-order valence-corrected chi connectivity index (χ2v) is 4.61. The Morgan fingerprint density at radius 2 is 2.33 bits per heavy atom. The molecule has 0 spiro atoms. The van der Waals surface area contributed by atoms with Crippen molar-refractivity contribution in [3.63, 3.8) is 0 Å². The van der Waals surface area contributed by atoms with E-state index < -0.39 is 5.82 Å². The van der Waals surface area contributed by atoms with Crippen LogP contribution in [-0.2, 0) is 0 Å². The van der Waals surface area contributed by atoms with Gasteiger partial charge in [-0.1, -0.05) is 22.8 Å². The number of halogens is 2. The summed E-state index contributed by atoms with van der Waals surface area (Å²) >= 11 is 5.95. The zero-order valence-electron chi connectivity index (χ0n) is 9.49. The van der Waals surface area contributed by atoms with Crippen LogP contribution in [0.2, 0.25) is 5.02 Å².